The molecular weight excluding hydrogens is 260 g/mol. The molecule has 1 saturated heterocycles. The molecule has 2 unspecified atom stereocenters. The van der Waals surface area contributed by atoms with E-state index in [1.807, 2.05) is 0 Å². The minimum atomic E-state index is 0.279. The first kappa shape index (κ1) is 15.0. The number of hydrogen-bond donors (Lipinski definition) is 2. The molecule has 2 aliphatic rings. The second-order valence-corrected chi connectivity index (χ2v) is 6.83. The molecule has 0 bridgehead atoms. The average molecular weight is 288 g/mol. The van der Waals surface area contributed by atoms with Crippen molar-refractivity contribution < 1.29 is 5.11 Å². The molecule has 3 nitrogen and oxygen atoms in total. The Morgan fingerprint density at radius 2 is 1.90 bits per heavy atom. The van der Waals surface area contributed by atoms with Gasteiger partial charge in [0.05, 0.1) is 6.61 Å². The zero-order valence-electron chi connectivity index (χ0n) is 12.9. The van der Waals surface area contributed by atoms with Crippen molar-refractivity contribution in [1.82, 2.24) is 10.2 Å². The van der Waals surface area contributed by atoms with E-state index >= 15 is 0 Å². The van der Waals surface area contributed by atoms with Gasteiger partial charge in [-0.25, -0.2) is 0 Å². The van der Waals surface area contributed by atoms with Gasteiger partial charge in [0.2, 0.25) is 0 Å². The molecule has 1 heterocycles. The lowest BCUT2D eigenvalue weighted by Crippen LogP contribution is -2.49. The first-order valence-electron chi connectivity index (χ1n) is 8.44. The number of hydrogen-bond acceptors (Lipinski definition) is 3. The van der Waals surface area contributed by atoms with Crippen LogP contribution in [-0.2, 0) is 6.54 Å². The first-order chi connectivity index (χ1) is 10.3. The molecule has 1 aromatic rings. The molecular formula is C18H28N2O. The molecule has 1 aliphatic carbocycles. The summed E-state index contributed by atoms with van der Waals surface area (Å²) >= 11 is 0. The van der Waals surface area contributed by atoms with Crippen molar-refractivity contribution in [2.75, 3.05) is 26.2 Å². The largest absolute Gasteiger partial charge is 0.395 e. The van der Waals surface area contributed by atoms with Gasteiger partial charge in [0.25, 0.3) is 0 Å². The van der Waals surface area contributed by atoms with E-state index in [4.69, 9.17) is 0 Å². The lowest BCUT2D eigenvalue weighted by Gasteiger charge is -2.38. The highest BCUT2D eigenvalue weighted by molar-refractivity contribution is 5.14. The van der Waals surface area contributed by atoms with Gasteiger partial charge in [-0.2, -0.15) is 0 Å². The molecule has 1 aliphatic heterocycles. The van der Waals surface area contributed by atoms with Crippen LogP contribution < -0.4 is 5.32 Å². The number of β-amino-alcohol motifs (C(OH)–C–C–N with tert-alkyl or cyclic N) is 1. The fourth-order valence-corrected chi connectivity index (χ4v) is 3.63. The fraction of sp³-hybridized carbons (Fsp3) is 0.667. The van der Waals surface area contributed by atoms with Gasteiger partial charge in [-0.15, -0.1) is 0 Å². The number of rotatable bonds is 7. The Labute approximate surface area is 128 Å². The summed E-state index contributed by atoms with van der Waals surface area (Å²) in [7, 11) is 0. The third-order valence-electron chi connectivity index (χ3n) is 4.83. The summed E-state index contributed by atoms with van der Waals surface area (Å²) in [5.41, 5.74) is 1.36. The van der Waals surface area contributed by atoms with Crippen LogP contribution in [-0.4, -0.2) is 42.3 Å². The van der Waals surface area contributed by atoms with Crippen molar-refractivity contribution in [1.29, 1.82) is 0 Å². The molecule has 3 heteroatoms. The van der Waals surface area contributed by atoms with E-state index in [0.717, 1.165) is 31.5 Å². The quantitative estimate of drug-likeness (QED) is 0.808. The monoisotopic (exact) mass is 288 g/mol. The topological polar surface area (TPSA) is 35.5 Å². The van der Waals surface area contributed by atoms with E-state index in [2.05, 4.69) is 40.5 Å². The van der Waals surface area contributed by atoms with E-state index in [-0.39, 0.29) is 6.61 Å². The summed E-state index contributed by atoms with van der Waals surface area (Å²) in [5.74, 6) is 1.81. The second kappa shape index (κ2) is 7.39. The number of piperidine rings is 1. The van der Waals surface area contributed by atoms with Gasteiger partial charge < -0.3 is 10.4 Å². The Morgan fingerprint density at radius 1 is 1.10 bits per heavy atom. The molecule has 0 aromatic heterocycles. The van der Waals surface area contributed by atoms with Gasteiger partial charge in [0.1, 0.15) is 0 Å². The number of aliphatic hydroxyl groups excluding tert-OH is 1. The summed E-state index contributed by atoms with van der Waals surface area (Å²) in [5, 5.41) is 13.0. The number of likely N-dealkylation sites (tertiary alicyclic amines) is 1. The zero-order chi connectivity index (χ0) is 14.5. The lowest BCUT2D eigenvalue weighted by molar-refractivity contribution is 0.109. The van der Waals surface area contributed by atoms with Gasteiger partial charge in [-0.3, -0.25) is 4.90 Å². The van der Waals surface area contributed by atoms with E-state index in [9.17, 15) is 5.11 Å². The zero-order valence-corrected chi connectivity index (χ0v) is 12.9. The Hall–Kier alpha value is -0.900. The van der Waals surface area contributed by atoms with E-state index in [1.54, 1.807) is 0 Å². The van der Waals surface area contributed by atoms with Crippen LogP contribution in [0.1, 0.15) is 31.2 Å². The van der Waals surface area contributed by atoms with E-state index < -0.39 is 0 Å². The number of benzene rings is 1. The first-order valence-corrected chi connectivity index (χ1v) is 8.44. The van der Waals surface area contributed by atoms with Gasteiger partial charge in [-0.1, -0.05) is 43.2 Å². The lowest BCUT2D eigenvalue weighted by atomic mass is 9.89. The maximum atomic E-state index is 9.23. The molecule has 2 N–H and O–H groups in total. The number of nitrogens with one attached hydrogen (secondary N) is 1. The summed E-state index contributed by atoms with van der Waals surface area (Å²) in [4.78, 5) is 2.44. The predicted octanol–water partition coefficient (Wildman–Crippen LogP) is 2.26. The normalized spacial score (nSPS) is 26.9. The Bertz CT molecular complexity index is 418. The van der Waals surface area contributed by atoms with Gasteiger partial charge in [0.15, 0.2) is 0 Å². The summed E-state index contributed by atoms with van der Waals surface area (Å²) in [6.07, 6.45) is 5.58. The third-order valence-corrected chi connectivity index (χ3v) is 4.83. The molecule has 0 spiro atoms. The molecule has 1 saturated carbocycles. The van der Waals surface area contributed by atoms with Crippen molar-refractivity contribution in [2.45, 2.75) is 38.3 Å². The standard InChI is InChI=1S/C18H28N2O/c21-9-8-20-13-17(10-15-6-7-15)11-18(14-20)19-12-16-4-2-1-3-5-16/h1-5,15,17-19,21H,6-14H2. The van der Waals surface area contributed by atoms with Crippen LogP contribution in [0.15, 0.2) is 30.3 Å². The molecule has 3 rings (SSSR count). The van der Waals surface area contributed by atoms with Crippen molar-refractivity contribution in [3.63, 3.8) is 0 Å². The third kappa shape index (κ3) is 4.80. The summed E-state index contributed by atoms with van der Waals surface area (Å²) in [6.45, 7) is 4.32. The van der Waals surface area contributed by atoms with Gasteiger partial charge in [0, 0.05) is 32.2 Å². The Kier molecular flexibility index (Phi) is 5.28. The van der Waals surface area contributed by atoms with Crippen LogP contribution in [0.3, 0.4) is 0 Å². The van der Waals surface area contributed by atoms with Gasteiger partial charge >= 0.3 is 0 Å². The molecule has 0 radical (unpaired) electrons. The Morgan fingerprint density at radius 3 is 2.62 bits per heavy atom. The fourth-order valence-electron chi connectivity index (χ4n) is 3.63. The highest BCUT2D eigenvalue weighted by Crippen LogP contribution is 2.37. The predicted molar refractivity (Wildman–Crippen MR) is 86.0 cm³/mol. The molecule has 21 heavy (non-hydrogen) atoms. The summed E-state index contributed by atoms with van der Waals surface area (Å²) in [6, 6.07) is 11.2. The van der Waals surface area contributed by atoms with Crippen molar-refractivity contribution in [3.8, 4) is 0 Å². The van der Waals surface area contributed by atoms with Crippen LogP contribution in [0.4, 0.5) is 0 Å². The highest BCUT2D eigenvalue weighted by atomic mass is 16.3. The number of aliphatic hydroxyl groups is 1. The Balaban J connectivity index is 1.52. The maximum absolute atomic E-state index is 9.23. The number of nitrogens with zero attached hydrogens (tertiary/aromatic N) is 1. The van der Waals surface area contributed by atoms with Crippen molar-refractivity contribution in [2.24, 2.45) is 11.8 Å². The minimum Gasteiger partial charge on any atom is -0.395 e. The van der Waals surface area contributed by atoms with Crippen molar-refractivity contribution >= 4 is 0 Å². The SMILES string of the molecule is OCCN1CC(CC2CC2)CC(NCc2ccccc2)C1. The highest BCUT2D eigenvalue weighted by Gasteiger charge is 2.31. The van der Waals surface area contributed by atoms with E-state index in [0.29, 0.717) is 6.04 Å². The molecule has 1 aromatic carbocycles. The molecule has 0 amide bonds. The molecule has 2 atom stereocenters. The van der Waals surface area contributed by atoms with Crippen LogP contribution >= 0.6 is 0 Å². The minimum absolute atomic E-state index is 0.279. The smallest absolute Gasteiger partial charge is 0.0558 e. The average Bonchev–Trinajstić information content (AvgIpc) is 3.30. The van der Waals surface area contributed by atoms with Crippen LogP contribution in [0.25, 0.3) is 0 Å². The van der Waals surface area contributed by atoms with Crippen LogP contribution in [0, 0.1) is 11.8 Å². The maximum Gasteiger partial charge on any atom is 0.0558 e. The molecule has 116 valence electrons. The van der Waals surface area contributed by atoms with Crippen LogP contribution in [0.2, 0.25) is 0 Å². The second-order valence-electron chi connectivity index (χ2n) is 6.83. The van der Waals surface area contributed by atoms with Gasteiger partial charge in [-0.05, 0) is 30.2 Å². The summed E-state index contributed by atoms with van der Waals surface area (Å²) < 4.78 is 0. The molecule has 2 fully saturated rings. The van der Waals surface area contributed by atoms with E-state index in [1.165, 1.54) is 37.8 Å². The van der Waals surface area contributed by atoms with Crippen molar-refractivity contribution in [3.05, 3.63) is 35.9 Å². The van der Waals surface area contributed by atoms with Crippen LogP contribution in [0.5, 0.6) is 0 Å².